The number of fused-ring (bicyclic) bond motifs is 1. The minimum atomic E-state index is 0.607. The smallest absolute Gasteiger partial charge is 0.153 e. The van der Waals surface area contributed by atoms with Crippen LogP contribution in [0.2, 0.25) is 0 Å². The van der Waals surface area contributed by atoms with Crippen molar-refractivity contribution in [2.75, 3.05) is 5.73 Å². The SMILES string of the molecule is CC.Cc1ccc2c(N)nn(C)c2c1I. The van der Waals surface area contributed by atoms with Gasteiger partial charge in [0.25, 0.3) is 0 Å². The van der Waals surface area contributed by atoms with Crippen molar-refractivity contribution in [2.24, 2.45) is 7.05 Å². The molecule has 0 fully saturated rings. The molecule has 0 spiro atoms. The summed E-state index contributed by atoms with van der Waals surface area (Å²) in [5.74, 6) is 0.607. The van der Waals surface area contributed by atoms with Crippen LogP contribution in [-0.4, -0.2) is 9.78 Å². The molecule has 0 radical (unpaired) electrons. The van der Waals surface area contributed by atoms with Gasteiger partial charge in [-0.3, -0.25) is 4.68 Å². The number of halogens is 1. The van der Waals surface area contributed by atoms with E-state index in [1.807, 2.05) is 31.6 Å². The highest BCUT2D eigenvalue weighted by atomic mass is 127. The molecule has 1 aromatic heterocycles. The number of aromatic nitrogens is 2. The first-order valence-electron chi connectivity index (χ1n) is 4.98. The Bertz CT molecular complexity index is 474. The van der Waals surface area contributed by atoms with Gasteiger partial charge >= 0.3 is 0 Å². The predicted octanol–water partition coefficient (Wildman–Crippen LogP) is 3.09. The molecule has 4 heteroatoms. The summed E-state index contributed by atoms with van der Waals surface area (Å²) in [5.41, 5.74) is 8.14. The van der Waals surface area contributed by atoms with Gasteiger partial charge < -0.3 is 5.73 Å². The highest BCUT2D eigenvalue weighted by Crippen LogP contribution is 2.26. The molecule has 1 heterocycles. The van der Waals surface area contributed by atoms with Crippen molar-refractivity contribution in [1.29, 1.82) is 0 Å². The first kappa shape index (κ1) is 12.3. The van der Waals surface area contributed by atoms with Gasteiger partial charge in [-0.05, 0) is 41.1 Å². The predicted molar refractivity (Wildman–Crippen MR) is 73.9 cm³/mol. The number of nitrogen functional groups attached to an aromatic ring is 1. The van der Waals surface area contributed by atoms with Crippen LogP contribution < -0.4 is 5.73 Å². The van der Waals surface area contributed by atoms with Crippen molar-refractivity contribution in [3.8, 4) is 0 Å². The summed E-state index contributed by atoms with van der Waals surface area (Å²) in [5, 5.41) is 5.22. The second-order valence-electron chi connectivity index (χ2n) is 3.10. The zero-order valence-electron chi connectivity index (χ0n) is 9.50. The zero-order chi connectivity index (χ0) is 11.6. The van der Waals surface area contributed by atoms with Crippen LogP contribution in [0.5, 0.6) is 0 Å². The second-order valence-corrected chi connectivity index (χ2v) is 4.18. The summed E-state index contributed by atoms with van der Waals surface area (Å²) in [7, 11) is 1.92. The topological polar surface area (TPSA) is 43.8 Å². The number of hydrogen-bond acceptors (Lipinski definition) is 2. The maximum absolute atomic E-state index is 5.76. The Balaban J connectivity index is 0.000000531. The van der Waals surface area contributed by atoms with E-state index in [-0.39, 0.29) is 0 Å². The van der Waals surface area contributed by atoms with Crippen LogP contribution in [0.15, 0.2) is 12.1 Å². The average molecular weight is 317 g/mol. The van der Waals surface area contributed by atoms with E-state index < -0.39 is 0 Å². The second kappa shape index (κ2) is 4.83. The van der Waals surface area contributed by atoms with E-state index in [0.29, 0.717) is 5.82 Å². The number of nitrogens with zero attached hydrogens (tertiary/aromatic N) is 2. The van der Waals surface area contributed by atoms with Gasteiger partial charge in [-0.15, -0.1) is 0 Å². The standard InChI is InChI=1S/C9H10IN3.C2H6/c1-5-3-4-6-8(7(5)10)13(2)12-9(6)11;1-2/h3-4H,1-2H3,(H2,11,12);1-2H3. The summed E-state index contributed by atoms with van der Waals surface area (Å²) in [6, 6.07) is 4.09. The molecule has 2 aromatic rings. The van der Waals surface area contributed by atoms with Crippen LogP contribution in [0.25, 0.3) is 10.9 Å². The van der Waals surface area contributed by atoms with Crippen LogP contribution in [0.4, 0.5) is 5.82 Å². The lowest BCUT2D eigenvalue weighted by Gasteiger charge is -2.00. The fourth-order valence-corrected chi connectivity index (χ4v) is 2.27. The Kier molecular flexibility index (Phi) is 3.96. The van der Waals surface area contributed by atoms with E-state index in [1.165, 1.54) is 9.13 Å². The molecule has 0 atom stereocenters. The molecular weight excluding hydrogens is 301 g/mol. The lowest BCUT2D eigenvalue weighted by Crippen LogP contribution is -1.93. The summed E-state index contributed by atoms with van der Waals surface area (Å²) < 4.78 is 3.06. The van der Waals surface area contributed by atoms with Gasteiger partial charge in [-0.25, -0.2) is 0 Å². The van der Waals surface area contributed by atoms with Crippen molar-refractivity contribution < 1.29 is 0 Å². The van der Waals surface area contributed by atoms with E-state index in [4.69, 9.17) is 5.73 Å². The molecule has 2 rings (SSSR count). The molecule has 0 bridgehead atoms. The van der Waals surface area contributed by atoms with Gasteiger partial charge in [0, 0.05) is 16.0 Å². The molecule has 82 valence electrons. The monoisotopic (exact) mass is 317 g/mol. The summed E-state index contributed by atoms with van der Waals surface area (Å²) in [6.45, 7) is 6.09. The normalized spacial score (nSPS) is 9.93. The molecule has 0 aliphatic heterocycles. The van der Waals surface area contributed by atoms with Gasteiger partial charge in [0.15, 0.2) is 5.82 Å². The summed E-state index contributed by atoms with van der Waals surface area (Å²) in [4.78, 5) is 0. The third-order valence-corrected chi connectivity index (χ3v) is 3.53. The third kappa shape index (κ3) is 2.09. The van der Waals surface area contributed by atoms with Gasteiger partial charge in [-0.1, -0.05) is 19.9 Å². The molecule has 0 unspecified atom stereocenters. The Morgan fingerprint density at radius 2 is 1.93 bits per heavy atom. The van der Waals surface area contributed by atoms with Crippen LogP contribution in [-0.2, 0) is 7.05 Å². The molecule has 0 saturated carbocycles. The van der Waals surface area contributed by atoms with Crippen LogP contribution in [0.3, 0.4) is 0 Å². The van der Waals surface area contributed by atoms with Gasteiger partial charge in [0.1, 0.15) is 0 Å². The first-order valence-corrected chi connectivity index (χ1v) is 6.06. The van der Waals surface area contributed by atoms with Gasteiger partial charge in [-0.2, -0.15) is 5.10 Å². The van der Waals surface area contributed by atoms with E-state index in [9.17, 15) is 0 Å². The molecule has 2 N–H and O–H groups in total. The van der Waals surface area contributed by atoms with E-state index in [1.54, 1.807) is 0 Å². The fraction of sp³-hybridized carbons (Fsp3) is 0.364. The van der Waals surface area contributed by atoms with Crippen LogP contribution in [0, 0.1) is 10.5 Å². The van der Waals surface area contributed by atoms with Gasteiger partial charge in [0.2, 0.25) is 0 Å². The van der Waals surface area contributed by atoms with Crippen LogP contribution >= 0.6 is 22.6 Å². The van der Waals surface area contributed by atoms with Crippen molar-refractivity contribution in [1.82, 2.24) is 9.78 Å². The van der Waals surface area contributed by atoms with Gasteiger partial charge in [0.05, 0.1) is 5.52 Å². The number of benzene rings is 1. The quantitative estimate of drug-likeness (QED) is 0.759. The lowest BCUT2D eigenvalue weighted by atomic mass is 10.2. The average Bonchev–Trinajstić information content (AvgIpc) is 2.51. The largest absolute Gasteiger partial charge is 0.382 e. The minimum Gasteiger partial charge on any atom is -0.382 e. The van der Waals surface area contributed by atoms with Crippen LogP contribution in [0.1, 0.15) is 19.4 Å². The molecule has 0 amide bonds. The summed E-state index contributed by atoms with van der Waals surface area (Å²) >= 11 is 2.33. The zero-order valence-corrected chi connectivity index (χ0v) is 11.7. The minimum absolute atomic E-state index is 0.607. The highest BCUT2D eigenvalue weighted by molar-refractivity contribution is 14.1. The van der Waals surface area contributed by atoms with Crippen molar-refractivity contribution in [3.05, 3.63) is 21.3 Å². The lowest BCUT2D eigenvalue weighted by molar-refractivity contribution is 0.800. The number of rotatable bonds is 0. The number of hydrogen-bond donors (Lipinski definition) is 1. The molecule has 15 heavy (non-hydrogen) atoms. The highest BCUT2D eigenvalue weighted by Gasteiger charge is 2.09. The Labute approximate surface area is 104 Å². The molecule has 0 aliphatic rings. The molecular formula is C11H16IN3. The molecule has 0 saturated heterocycles. The van der Waals surface area contributed by atoms with Crippen molar-refractivity contribution >= 4 is 39.3 Å². The van der Waals surface area contributed by atoms with E-state index in [0.717, 1.165) is 10.9 Å². The maximum Gasteiger partial charge on any atom is 0.153 e. The third-order valence-electron chi connectivity index (χ3n) is 2.17. The number of aryl methyl sites for hydroxylation is 2. The fourth-order valence-electron chi connectivity index (χ4n) is 1.45. The first-order chi connectivity index (χ1) is 7.11. The molecule has 0 aliphatic carbocycles. The molecule has 3 nitrogen and oxygen atoms in total. The molecule has 1 aromatic carbocycles. The van der Waals surface area contributed by atoms with E-state index >= 15 is 0 Å². The summed E-state index contributed by atoms with van der Waals surface area (Å²) in [6.07, 6.45) is 0. The Morgan fingerprint density at radius 1 is 1.33 bits per heavy atom. The van der Waals surface area contributed by atoms with Crippen molar-refractivity contribution in [3.63, 3.8) is 0 Å². The maximum atomic E-state index is 5.76. The Hall–Kier alpha value is -0.780. The number of nitrogens with two attached hydrogens (primary N) is 1. The number of anilines is 1. The Morgan fingerprint density at radius 3 is 2.53 bits per heavy atom. The van der Waals surface area contributed by atoms with Crippen molar-refractivity contribution in [2.45, 2.75) is 20.8 Å². The van der Waals surface area contributed by atoms with E-state index in [2.05, 4.69) is 40.7 Å².